The summed E-state index contributed by atoms with van der Waals surface area (Å²) >= 11 is 0. The highest BCUT2D eigenvalue weighted by Crippen LogP contribution is 2.45. The second kappa shape index (κ2) is 16.6. The van der Waals surface area contributed by atoms with E-state index in [0.29, 0.717) is 41.0 Å². The average Bonchev–Trinajstić information content (AvgIpc) is 3.07. The smallest absolute Gasteiger partial charge is 0.434 e. The highest BCUT2D eigenvalue weighted by atomic mass is 16.7. The van der Waals surface area contributed by atoms with E-state index in [1.165, 1.54) is 12.8 Å². The van der Waals surface area contributed by atoms with Crippen LogP contribution in [0.3, 0.4) is 0 Å². The summed E-state index contributed by atoms with van der Waals surface area (Å²) in [5.41, 5.74) is 1.45. The Labute approximate surface area is 271 Å². The molecule has 6 nitrogen and oxygen atoms in total. The molecule has 240 valence electrons. The van der Waals surface area contributed by atoms with Crippen LogP contribution in [0.1, 0.15) is 78.1 Å². The summed E-state index contributed by atoms with van der Waals surface area (Å²) in [6.07, 6.45) is 8.94. The summed E-state index contributed by atoms with van der Waals surface area (Å²) in [6.45, 7) is 4.93. The third-order valence-corrected chi connectivity index (χ3v) is 8.31. The predicted molar refractivity (Wildman–Crippen MR) is 186 cm³/mol. The molecule has 0 aliphatic heterocycles. The van der Waals surface area contributed by atoms with Crippen LogP contribution < -0.4 is 9.47 Å². The van der Waals surface area contributed by atoms with E-state index in [2.05, 4.69) is 44.2 Å². The molecule has 0 saturated carbocycles. The van der Waals surface area contributed by atoms with Crippen LogP contribution in [-0.4, -0.2) is 25.5 Å². The molecule has 0 fully saturated rings. The van der Waals surface area contributed by atoms with Crippen LogP contribution in [0.2, 0.25) is 0 Å². The van der Waals surface area contributed by atoms with E-state index in [9.17, 15) is 9.59 Å². The molecule has 0 radical (unpaired) electrons. The van der Waals surface area contributed by atoms with Crippen LogP contribution in [0.5, 0.6) is 11.5 Å². The van der Waals surface area contributed by atoms with Gasteiger partial charge in [0.2, 0.25) is 0 Å². The Bertz CT molecular complexity index is 1780. The normalized spacial score (nSPS) is 11.2. The molecular weight excluding hydrogens is 576 g/mol. The minimum absolute atomic E-state index is 0.293. The van der Waals surface area contributed by atoms with E-state index in [0.717, 1.165) is 78.5 Å². The van der Waals surface area contributed by atoms with Crippen molar-refractivity contribution in [3.63, 3.8) is 0 Å². The van der Waals surface area contributed by atoms with E-state index < -0.39 is 12.3 Å². The quantitative estimate of drug-likeness (QED) is 0.0502. The maximum atomic E-state index is 13.1. The third-order valence-electron chi connectivity index (χ3n) is 8.31. The fraction of sp³-hybridized carbons (Fsp3) is 0.350. The van der Waals surface area contributed by atoms with Crippen molar-refractivity contribution in [3.8, 4) is 22.6 Å². The van der Waals surface area contributed by atoms with Gasteiger partial charge in [0.05, 0.1) is 13.2 Å². The van der Waals surface area contributed by atoms with Gasteiger partial charge in [0.15, 0.2) is 0 Å². The van der Waals surface area contributed by atoms with Crippen molar-refractivity contribution >= 4 is 44.6 Å². The Kier molecular flexibility index (Phi) is 11.9. The molecule has 5 aromatic rings. The first-order valence-electron chi connectivity index (χ1n) is 16.8. The molecule has 6 heteroatoms. The van der Waals surface area contributed by atoms with Crippen molar-refractivity contribution in [2.75, 3.05) is 13.2 Å². The molecule has 0 heterocycles. The summed E-state index contributed by atoms with van der Waals surface area (Å²) in [5, 5.41) is 5.48. The van der Waals surface area contributed by atoms with Gasteiger partial charge >= 0.3 is 12.3 Å². The number of carbonyl (C=O) groups is 2. The lowest BCUT2D eigenvalue weighted by atomic mass is 9.93. The summed E-state index contributed by atoms with van der Waals surface area (Å²) in [6, 6.07) is 27.7. The Balaban J connectivity index is 1.51. The van der Waals surface area contributed by atoms with Gasteiger partial charge in [0, 0.05) is 16.3 Å². The summed E-state index contributed by atoms with van der Waals surface area (Å²) in [4.78, 5) is 26.0. The minimum atomic E-state index is -0.760. The number of hydrogen-bond donors (Lipinski definition) is 0. The second-order valence-electron chi connectivity index (χ2n) is 11.8. The number of carbonyl (C=O) groups excluding carboxylic acids is 2. The van der Waals surface area contributed by atoms with Gasteiger partial charge in [-0.3, -0.25) is 0 Å². The van der Waals surface area contributed by atoms with Gasteiger partial charge in [-0.25, -0.2) is 9.59 Å². The van der Waals surface area contributed by atoms with Gasteiger partial charge in [-0.2, -0.15) is 0 Å². The molecule has 0 aliphatic rings. The molecule has 0 N–H and O–H groups in total. The summed E-state index contributed by atoms with van der Waals surface area (Å²) < 4.78 is 22.8. The Morgan fingerprint density at radius 1 is 0.500 bits per heavy atom. The molecular formula is C40H44O6. The molecule has 0 saturated heterocycles. The Morgan fingerprint density at radius 3 is 1.74 bits per heavy atom. The second-order valence-corrected chi connectivity index (χ2v) is 11.8. The number of benzene rings is 5. The molecule has 0 atom stereocenters. The van der Waals surface area contributed by atoms with Crippen molar-refractivity contribution in [3.05, 3.63) is 84.9 Å². The van der Waals surface area contributed by atoms with Gasteiger partial charge in [0.1, 0.15) is 11.5 Å². The number of unbranched alkanes of at least 4 members (excludes halogenated alkanes) is 8. The molecule has 0 aliphatic carbocycles. The lowest BCUT2D eigenvalue weighted by molar-refractivity contribution is 0.0959. The van der Waals surface area contributed by atoms with Gasteiger partial charge in [0.25, 0.3) is 0 Å². The van der Waals surface area contributed by atoms with Crippen LogP contribution in [0.4, 0.5) is 9.59 Å². The fourth-order valence-corrected chi connectivity index (χ4v) is 5.87. The summed E-state index contributed by atoms with van der Waals surface area (Å²) in [7, 11) is 0. The molecule has 0 bridgehead atoms. The zero-order valence-corrected chi connectivity index (χ0v) is 27.0. The molecule has 0 aromatic heterocycles. The molecule has 5 rings (SSSR count). The van der Waals surface area contributed by atoms with Crippen molar-refractivity contribution in [1.29, 1.82) is 0 Å². The standard InChI is InChI=1S/C40H44O6/c1-3-5-7-9-15-24-43-39(41)45-37-28-36(32-23-17-20-31-26-29-18-11-12-19-30(29)27-35(31)32)38(34-22-14-13-21-33(34)37)46-40(42)44-25-16-10-8-6-4-2/h11-14,17-23,26-28H,3-10,15-16,24-25H2,1-2H3. The van der Waals surface area contributed by atoms with E-state index in [4.69, 9.17) is 18.9 Å². The SMILES string of the molecule is CCCCCCCOC(=O)Oc1cc(-c2cccc3cc4ccccc4cc23)c(OC(=O)OCCCCCCC)c2ccccc12. The maximum absolute atomic E-state index is 13.1. The largest absolute Gasteiger partial charge is 0.513 e. The van der Waals surface area contributed by atoms with Gasteiger partial charge < -0.3 is 18.9 Å². The first kappa shape index (κ1) is 32.8. The zero-order valence-electron chi connectivity index (χ0n) is 27.0. The van der Waals surface area contributed by atoms with Crippen LogP contribution in [0.25, 0.3) is 43.4 Å². The molecule has 0 amide bonds. The number of hydrogen-bond acceptors (Lipinski definition) is 6. The molecule has 46 heavy (non-hydrogen) atoms. The van der Waals surface area contributed by atoms with Gasteiger partial charge in [-0.05, 0) is 58.1 Å². The zero-order chi connectivity index (χ0) is 32.1. The van der Waals surface area contributed by atoms with Crippen molar-refractivity contribution < 1.29 is 28.5 Å². The lowest BCUT2D eigenvalue weighted by Crippen LogP contribution is -2.14. The topological polar surface area (TPSA) is 71.1 Å². The van der Waals surface area contributed by atoms with E-state index in [1.54, 1.807) is 6.07 Å². The minimum Gasteiger partial charge on any atom is -0.434 e. The van der Waals surface area contributed by atoms with Gasteiger partial charge in [-0.15, -0.1) is 0 Å². The third kappa shape index (κ3) is 8.36. The van der Waals surface area contributed by atoms with Crippen LogP contribution >= 0.6 is 0 Å². The van der Waals surface area contributed by atoms with E-state index in [1.807, 2.05) is 48.5 Å². The van der Waals surface area contributed by atoms with Crippen LogP contribution in [0.15, 0.2) is 84.9 Å². The molecule has 0 unspecified atom stereocenters. The lowest BCUT2D eigenvalue weighted by Gasteiger charge is -2.18. The van der Waals surface area contributed by atoms with Crippen LogP contribution in [-0.2, 0) is 9.47 Å². The number of rotatable bonds is 15. The Morgan fingerprint density at radius 2 is 1.07 bits per heavy atom. The van der Waals surface area contributed by atoms with Crippen molar-refractivity contribution in [2.24, 2.45) is 0 Å². The number of ether oxygens (including phenoxy) is 4. The molecule has 5 aromatic carbocycles. The molecule has 0 spiro atoms. The maximum Gasteiger partial charge on any atom is 0.513 e. The highest BCUT2D eigenvalue weighted by Gasteiger charge is 2.22. The van der Waals surface area contributed by atoms with Gasteiger partial charge in [-0.1, -0.05) is 132 Å². The Hall–Kier alpha value is -4.58. The van der Waals surface area contributed by atoms with Crippen molar-refractivity contribution in [2.45, 2.75) is 78.1 Å². The fourth-order valence-electron chi connectivity index (χ4n) is 5.87. The summed E-state index contributed by atoms with van der Waals surface area (Å²) in [5.74, 6) is 0.680. The average molecular weight is 621 g/mol. The highest BCUT2D eigenvalue weighted by molar-refractivity contribution is 6.09. The predicted octanol–water partition coefficient (Wildman–Crippen LogP) is 11.8. The van der Waals surface area contributed by atoms with Crippen molar-refractivity contribution in [1.82, 2.24) is 0 Å². The van der Waals surface area contributed by atoms with E-state index >= 15 is 0 Å². The first-order valence-corrected chi connectivity index (χ1v) is 16.8. The monoisotopic (exact) mass is 620 g/mol. The number of fused-ring (bicyclic) bond motifs is 3. The van der Waals surface area contributed by atoms with E-state index in [-0.39, 0.29) is 0 Å². The van der Waals surface area contributed by atoms with Crippen LogP contribution in [0, 0.1) is 0 Å². The first-order chi connectivity index (χ1) is 22.6.